The molecule has 1 atom stereocenters. The maximum Gasteiger partial charge on any atom is 0.181 e. The maximum atomic E-state index is 8.79. The fraction of sp³-hybridized carbons (Fsp3) is 0.200. The summed E-state index contributed by atoms with van der Waals surface area (Å²) in [6.07, 6.45) is -0.597. The third kappa shape index (κ3) is 2.16. The molecule has 0 saturated carbocycles. The molecule has 70 valence electrons. The van der Waals surface area contributed by atoms with E-state index in [0.717, 1.165) is 0 Å². The van der Waals surface area contributed by atoms with Crippen molar-refractivity contribution in [2.75, 3.05) is 0 Å². The van der Waals surface area contributed by atoms with Crippen LogP contribution in [-0.2, 0) is 0 Å². The highest BCUT2D eigenvalue weighted by molar-refractivity contribution is 6.31. The van der Waals surface area contributed by atoms with E-state index in [0.29, 0.717) is 10.8 Å². The topological polar surface area (TPSA) is 56.8 Å². The normalized spacial score (nSPS) is 11.1. The van der Waals surface area contributed by atoms with Gasteiger partial charge in [-0.25, -0.2) is 0 Å². The van der Waals surface area contributed by atoms with Crippen LogP contribution < -0.4 is 4.74 Å². The van der Waals surface area contributed by atoms with Gasteiger partial charge in [0.05, 0.1) is 5.02 Å². The van der Waals surface area contributed by atoms with Crippen molar-refractivity contribution in [3.63, 3.8) is 0 Å². The summed E-state index contributed by atoms with van der Waals surface area (Å²) in [4.78, 5) is 0. The van der Waals surface area contributed by atoms with Gasteiger partial charge in [0.15, 0.2) is 6.10 Å². The zero-order valence-electron chi connectivity index (χ0n) is 7.49. The molecule has 4 heteroatoms. The molecule has 0 aromatic heterocycles. The van der Waals surface area contributed by atoms with E-state index in [-0.39, 0.29) is 5.56 Å². The minimum atomic E-state index is -0.597. The Morgan fingerprint density at radius 2 is 2.14 bits per heavy atom. The van der Waals surface area contributed by atoms with Gasteiger partial charge in [-0.05, 0) is 19.1 Å². The number of hydrogen-bond donors (Lipinski definition) is 0. The lowest BCUT2D eigenvalue weighted by Crippen LogP contribution is -2.09. The van der Waals surface area contributed by atoms with E-state index < -0.39 is 6.10 Å². The summed E-state index contributed by atoms with van der Waals surface area (Å²) >= 11 is 5.77. The average Bonchev–Trinajstić information content (AvgIpc) is 2.18. The minimum Gasteiger partial charge on any atom is -0.474 e. The molecule has 0 aliphatic rings. The number of nitrogens with zero attached hydrogens (tertiary/aromatic N) is 2. The van der Waals surface area contributed by atoms with Crippen LogP contribution in [-0.4, -0.2) is 6.10 Å². The van der Waals surface area contributed by atoms with Crippen molar-refractivity contribution < 1.29 is 4.74 Å². The van der Waals surface area contributed by atoms with Gasteiger partial charge in [0.25, 0.3) is 0 Å². The summed E-state index contributed by atoms with van der Waals surface area (Å²) in [6, 6.07) is 8.72. The second-order valence-corrected chi connectivity index (χ2v) is 3.02. The smallest absolute Gasteiger partial charge is 0.181 e. The van der Waals surface area contributed by atoms with E-state index in [1.165, 1.54) is 0 Å². The fourth-order valence-corrected chi connectivity index (χ4v) is 1.14. The van der Waals surface area contributed by atoms with Crippen LogP contribution in [0.4, 0.5) is 0 Å². The van der Waals surface area contributed by atoms with Crippen molar-refractivity contribution in [2.24, 2.45) is 0 Å². The van der Waals surface area contributed by atoms with Crippen molar-refractivity contribution >= 4 is 11.6 Å². The van der Waals surface area contributed by atoms with E-state index in [1.807, 2.05) is 12.1 Å². The molecule has 0 aliphatic carbocycles. The van der Waals surface area contributed by atoms with Crippen molar-refractivity contribution in [1.82, 2.24) is 0 Å². The largest absolute Gasteiger partial charge is 0.474 e. The summed E-state index contributed by atoms with van der Waals surface area (Å²) < 4.78 is 5.20. The molecule has 0 heterocycles. The maximum absolute atomic E-state index is 8.79. The number of hydrogen-bond acceptors (Lipinski definition) is 3. The lowest BCUT2D eigenvalue weighted by atomic mass is 10.2. The minimum absolute atomic E-state index is 0.260. The Morgan fingerprint density at radius 1 is 1.43 bits per heavy atom. The molecule has 0 spiro atoms. The lowest BCUT2D eigenvalue weighted by Gasteiger charge is -2.09. The summed E-state index contributed by atoms with van der Waals surface area (Å²) in [5, 5.41) is 17.7. The van der Waals surface area contributed by atoms with Crippen LogP contribution in [0.25, 0.3) is 0 Å². The molecule has 0 amide bonds. The first-order valence-corrected chi connectivity index (χ1v) is 4.31. The van der Waals surface area contributed by atoms with Crippen LogP contribution in [0.3, 0.4) is 0 Å². The van der Waals surface area contributed by atoms with Gasteiger partial charge in [-0.3, -0.25) is 0 Å². The highest BCUT2D eigenvalue weighted by Gasteiger charge is 2.09. The van der Waals surface area contributed by atoms with Gasteiger partial charge in [-0.1, -0.05) is 17.7 Å². The summed E-state index contributed by atoms with van der Waals surface area (Å²) in [6.45, 7) is 1.60. The predicted molar refractivity (Wildman–Crippen MR) is 51.9 cm³/mol. The highest BCUT2D eigenvalue weighted by atomic mass is 35.5. The first kappa shape index (κ1) is 10.4. The van der Waals surface area contributed by atoms with Gasteiger partial charge < -0.3 is 4.74 Å². The number of halogens is 1. The van der Waals surface area contributed by atoms with Crippen LogP contribution in [0.1, 0.15) is 12.5 Å². The Bertz CT molecular complexity index is 417. The number of rotatable bonds is 2. The summed E-state index contributed by atoms with van der Waals surface area (Å²) in [5.41, 5.74) is 0.260. The Labute approximate surface area is 87.1 Å². The molecule has 1 rings (SSSR count). The van der Waals surface area contributed by atoms with Gasteiger partial charge >= 0.3 is 0 Å². The molecule has 1 aromatic rings. The SMILES string of the molecule is CC(C#N)Oc1cccc(Cl)c1C#N. The van der Waals surface area contributed by atoms with Gasteiger partial charge in [0.2, 0.25) is 0 Å². The Kier molecular flexibility index (Phi) is 3.34. The Morgan fingerprint density at radius 3 is 2.71 bits per heavy atom. The fourth-order valence-electron chi connectivity index (χ4n) is 0.928. The zero-order valence-corrected chi connectivity index (χ0v) is 8.25. The van der Waals surface area contributed by atoms with Gasteiger partial charge in [0.1, 0.15) is 23.5 Å². The number of benzene rings is 1. The van der Waals surface area contributed by atoms with E-state index in [9.17, 15) is 0 Å². The van der Waals surface area contributed by atoms with E-state index >= 15 is 0 Å². The van der Waals surface area contributed by atoms with Gasteiger partial charge in [0, 0.05) is 0 Å². The molecule has 0 radical (unpaired) electrons. The van der Waals surface area contributed by atoms with Crippen LogP contribution in [0.5, 0.6) is 5.75 Å². The van der Waals surface area contributed by atoms with Crippen LogP contribution in [0.15, 0.2) is 18.2 Å². The lowest BCUT2D eigenvalue weighted by molar-refractivity contribution is 0.276. The van der Waals surface area contributed by atoms with E-state index in [4.69, 9.17) is 26.9 Å². The molecule has 1 aromatic carbocycles. The first-order valence-electron chi connectivity index (χ1n) is 3.94. The van der Waals surface area contributed by atoms with E-state index in [1.54, 1.807) is 25.1 Å². The molecule has 3 nitrogen and oxygen atoms in total. The highest BCUT2D eigenvalue weighted by Crippen LogP contribution is 2.25. The third-order valence-corrected chi connectivity index (χ3v) is 1.89. The molecule has 0 N–H and O–H groups in total. The first-order chi connectivity index (χ1) is 6.69. The molecule has 0 aliphatic heterocycles. The van der Waals surface area contributed by atoms with Gasteiger partial charge in [-0.15, -0.1) is 0 Å². The molecule has 1 unspecified atom stereocenters. The second-order valence-electron chi connectivity index (χ2n) is 2.61. The van der Waals surface area contributed by atoms with Gasteiger partial charge in [-0.2, -0.15) is 10.5 Å². The van der Waals surface area contributed by atoms with Crippen molar-refractivity contribution in [3.8, 4) is 17.9 Å². The molecule has 14 heavy (non-hydrogen) atoms. The van der Waals surface area contributed by atoms with Crippen LogP contribution in [0, 0.1) is 22.7 Å². The number of nitriles is 2. The molecule has 0 saturated heterocycles. The van der Waals surface area contributed by atoms with Crippen molar-refractivity contribution in [2.45, 2.75) is 13.0 Å². The molecule has 0 fully saturated rings. The molecular weight excluding hydrogens is 200 g/mol. The van der Waals surface area contributed by atoms with Crippen LogP contribution in [0.2, 0.25) is 5.02 Å². The average molecular weight is 207 g/mol. The predicted octanol–water partition coefficient (Wildman–Crippen LogP) is 2.50. The Balaban J connectivity index is 3.05. The Hall–Kier alpha value is -1.71. The van der Waals surface area contributed by atoms with Crippen molar-refractivity contribution in [3.05, 3.63) is 28.8 Å². The molecule has 0 bridgehead atoms. The standard InChI is InChI=1S/C10H7ClN2O/c1-7(5-12)14-10-4-2-3-9(11)8(10)6-13/h2-4,7H,1H3. The summed E-state index contributed by atoms with van der Waals surface area (Å²) in [5.74, 6) is 0.342. The monoisotopic (exact) mass is 206 g/mol. The third-order valence-electron chi connectivity index (χ3n) is 1.57. The second kappa shape index (κ2) is 4.50. The van der Waals surface area contributed by atoms with Crippen molar-refractivity contribution in [1.29, 1.82) is 10.5 Å². The summed E-state index contributed by atoms with van der Waals surface area (Å²) in [7, 11) is 0. The molecular formula is C10H7ClN2O. The number of ether oxygens (including phenoxy) is 1. The zero-order chi connectivity index (χ0) is 10.6. The van der Waals surface area contributed by atoms with E-state index in [2.05, 4.69) is 0 Å². The van der Waals surface area contributed by atoms with Crippen LogP contribution >= 0.6 is 11.6 Å². The quantitative estimate of drug-likeness (QED) is 0.747.